The summed E-state index contributed by atoms with van der Waals surface area (Å²) in [6.45, 7) is 5.54. The number of aromatic nitrogens is 3. The zero-order chi connectivity index (χ0) is 12.4. The van der Waals surface area contributed by atoms with Crippen molar-refractivity contribution in [3.8, 4) is 0 Å². The van der Waals surface area contributed by atoms with E-state index in [2.05, 4.69) is 22.0 Å². The summed E-state index contributed by atoms with van der Waals surface area (Å²) in [7, 11) is 0. The quantitative estimate of drug-likeness (QED) is 0.492. The van der Waals surface area contributed by atoms with Crippen LogP contribution in [0.15, 0.2) is 31.0 Å². The molecule has 1 N–H and O–H groups in total. The largest absolute Gasteiger partial charge is 0.368 e. The Labute approximate surface area is 96.9 Å². The second-order valence-corrected chi connectivity index (χ2v) is 3.53. The summed E-state index contributed by atoms with van der Waals surface area (Å²) in [5.74, 6) is 0.376. The summed E-state index contributed by atoms with van der Waals surface area (Å²) in [6.07, 6.45) is 2.90. The van der Waals surface area contributed by atoms with Crippen LogP contribution >= 0.6 is 0 Å². The molecule has 88 valence electrons. The molecule has 0 spiro atoms. The summed E-state index contributed by atoms with van der Waals surface area (Å²) in [5.41, 5.74) is 0.438. The molecule has 1 unspecified atom stereocenters. The number of nitro groups is 1. The van der Waals surface area contributed by atoms with Gasteiger partial charge in [0.15, 0.2) is 5.82 Å². The first-order chi connectivity index (χ1) is 8.11. The molecule has 2 rings (SSSR count). The second-order valence-electron chi connectivity index (χ2n) is 3.53. The number of rotatable bonds is 4. The van der Waals surface area contributed by atoms with Gasteiger partial charge in [-0.2, -0.15) is 0 Å². The van der Waals surface area contributed by atoms with E-state index in [-0.39, 0.29) is 11.9 Å². The average Bonchev–Trinajstić information content (AvgIpc) is 2.71. The molecule has 2 aromatic heterocycles. The van der Waals surface area contributed by atoms with Gasteiger partial charge in [-0.3, -0.25) is 0 Å². The summed E-state index contributed by atoms with van der Waals surface area (Å²) in [4.78, 5) is 14.1. The fraction of sp³-hybridized carbons (Fsp3) is 0.200. The molecular formula is C10H11N5O2. The molecule has 0 amide bonds. The van der Waals surface area contributed by atoms with Crippen LogP contribution in [-0.4, -0.2) is 25.6 Å². The first-order valence-electron chi connectivity index (χ1n) is 5.00. The Hall–Kier alpha value is -2.44. The van der Waals surface area contributed by atoms with E-state index < -0.39 is 4.92 Å². The number of imidazole rings is 1. The third kappa shape index (κ3) is 2.07. The molecule has 0 fully saturated rings. The minimum absolute atomic E-state index is 0.0301. The van der Waals surface area contributed by atoms with Crippen LogP contribution in [0.5, 0.6) is 0 Å². The van der Waals surface area contributed by atoms with Gasteiger partial charge >= 0.3 is 5.82 Å². The van der Waals surface area contributed by atoms with Crippen LogP contribution in [-0.2, 0) is 0 Å². The van der Waals surface area contributed by atoms with Crippen molar-refractivity contribution in [2.75, 3.05) is 5.32 Å². The maximum Gasteiger partial charge on any atom is 0.368 e. The molecule has 0 aromatic carbocycles. The van der Waals surface area contributed by atoms with Gasteiger partial charge in [-0.25, -0.2) is 4.98 Å². The van der Waals surface area contributed by atoms with Gasteiger partial charge in [0.1, 0.15) is 6.20 Å². The predicted molar refractivity (Wildman–Crippen MR) is 62.9 cm³/mol. The molecule has 17 heavy (non-hydrogen) atoms. The van der Waals surface area contributed by atoms with E-state index in [1.807, 2.05) is 6.92 Å². The van der Waals surface area contributed by atoms with Crippen molar-refractivity contribution >= 4 is 17.3 Å². The maximum atomic E-state index is 10.7. The van der Waals surface area contributed by atoms with Gasteiger partial charge in [0.25, 0.3) is 0 Å². The van der Waals surface area contributed by atoms with Crippen molar-refractivity contribution in [3.05, 3.63) is 41.1 Å². The van der Waals surface area contributed by atoms with Crippen molar-refractivity contribution in [2.24, 2.45) is 0 Å². The molecule has 0 saturated heterocycles. The lowest BCUT2D eigenvalue weighted by atomic mass is 10.3. The molecule has 7 nitrogen and oxygen atoms in total. The van der Waals surface area contributed by atoms with E-state index in [0.717, 1.165) is 0 Å². The van der Waals surface area contributed by atoms with E-state index in [9.17, 15) is 10.1 Å². The molecule has 0 saturated carbocycles. The predicted octanol–water partition coefficient (Wildman–Crippen LogP) is 1.62. The van der Waals surface area contributed by atoms with Crippen LogP contribution in [0.1, 0.15) is 6.92 Å². The first kappa shape index (κ1) is 11.1. The second kappa shape index (κ2) is 4.20. The molecule has 0 bridgehead atoms. The van der Waals surface area contributed by atoms with E-state index in [0.29, 0.717) is 11.5 Å². The Kier molecular flexibility index (Phi) is 2.73. The summed E-state index contributed by atoms with van der Waals surface area (Å²) >= 11 is 0. The fourth-order valence-corrected chi connectivity index (χ4v) is 1.35. The number of nitrogens with one attached hydrogen (secondary N) is 1. The fourth-order valence-electron chi connectivity index (χ4n) is 1.35. The molecule has 0 aliphatic carbocycles. The topological polar surface area (TPSA) is 85.4 Å². The number of nitrogens with zero attached hydrogens (tertiary/aromatic N) is 4. The lowest BCUT2D eigenvalue weighted by Gasteiger charge is -2.07. The van der Waals surface area contributed by atoms with Gasteiger partial charge in [-0.15, -0.1) is 6.58 Å². The summed E-state index contributed by atoms with van der Waals surface area (Å²) < 4.78 is 1.19. The highest BCUT2D eigenvalue weighted by Gasteiger charge is 2.16. The molecule has 7 heteroatoms. The minimum Gasteiger partial charge on any atom is -0.361 e. The van der Waals surface area contributed by atoms with Gasteiger partial charge in [0.2, 0.25) is 5.65 Å². The van der Waals surface area contributed by atoms with Crippen molar-refractivity contribution in [1.29, 1.82) is 0 Å². The normalized spacial score (nSPS) is 12.3. The smallest absolute Gasteiger partial charge is 0.361 e. The monoisotopic (exact) mass is 233 g/mol. The van der Waals surface area contributed by atoms with Gasteiger partial charge in [0.05, 0.1) is 0 Å². The van der Waals surface area contributed by atoms with Crippen LogP contribution in [0.4, 0.5) is 11.6 Å². The Morgan fingerprint density at radius 2 is 2.41 bits per heavy atom. The minimum atomic E-state index is -0.520. The Balaban J connectivity index is 2.44. The lowest BCUT2D eigenvalue weighted by molar-refractivity contribution is -0.391. The van der Waals surface area contributed by atoms with Crippen molar-refractivity contribution in [2.45, 2.75) is 13.0 Å². The zero-order valence-corrected chi connectivity index (χ0v) is 9.20. The molecular weight excluding hydrogens is 222 g/mol. The van der Waals surface area contributed by atoms with Gasteiger partial charge in [-0.1, -0.05) is 15.7 Å². The molecule has 1 atom stereocenters. The van der Waals surface area contributed by atoms with E-state index in [1.165, 1.54) is 10.7 Å². The van der Waals surface area contributed by atoms with Crippen molar-refractivity contribution in [3.63, 3.8) is 0 Å². The first-order valence-corrected chi connectivity index (χ1v) is 5.00. The number of hydrogen-bond donors (Lipinski definition) is 1. The highest BCUT2D eigenvalue weighted by molar-refractivity contribution is 5.48. The lowest BCUT2D eigenvalue weighted by Crippen LogP contribution is -2.13. The van der Waals surface area contributed by atoms with E-state index in [4.69, 9.17) is 0 Å². The highest BCUT2D eigenvalue weighted by Crippen LogP contribution is 2.15. The maximum absolute atomic E-state index is 10.7. The van der Waals surface area contributed by atoms with Crippen LogP contribution < -0.4 is 5.32 Å². The Bertz CT molecular complexity index is 577. The van der Waals surface area contributed by atoms with E-state index >= 15 is 0 Å². The van der Waals surface area contributed by atoms with Crippen LogP contribution in [0.25, 0.3) is 5.65 Å². The Morgan fingerprint density at radius 1 is 1.65 bits per heavy atom. The van der Waals surface area contributed by atoms with Gasteiger partial charge in [0, 0.05) is 12.1 Å². The molecule has 0 radical (unpaired) electrons. The SMILES string of the molecule is C=CC(C)Nc1ccc2ncc([N+](=O)[O-])n2n1. The molecule has 0 aliphatic heterocycles. The number of anilines is 1. The van der Waals surface area contributed by atoms with Crippen LogP contribution in [0.3, 0.4) is 0 Å². The van der Waals surface area contributed by atoms with Crippen LogP contribution in [0.2, 0.25) is 0 Å². The molecule has 0 aliphatic rings. The van der Waals surface area contributed by atoms with Crippen molar-refractivity contribution < 1.29 is 4.92 Å². The van der Waals surface area contributed by atoms with Crippen LogP contribution in [0, 0.1) is 10.1 Å². The zero-order valence-electron chi connectivity index (χ0n) is 9.20. The number of hydrogen-bond acceptors (Lipinski definition) is 5. The third-order valence-corrected chi connectivity index (χ3v) is 2.26. The summed E-state index contributed by atoms with van der Waals surface area (Å²) in [6, 6.07) is 3.41. The molecule has 2 heterocycles. The van der Waals surface area contributed by atoms with E-state index in [1.54, 1.807) is 18.2 Å². The average molecular weight is 233 g/mol. The third-order valence-electron chi connectivity index (χ3n) is 2.26. The summed E-state index contributed by atoms with van der Waals surface area (Å²) in [5, 5.41) is 17.9. The number of fused-ring (bicyclic) bond motifs is 1. The highest BCUT2D eigenvalue weighted by atomic mass is 16.6. The molecule has 2 aromatic rings. The van der Waals surface area contributed by atoms with Crippen molar-refractivity contribution in [1.82, 2.24) is 14.6 Å². The standard InChI is InChI=1S/C10H11N5O2/c1-3-7(2)12-8-4-5-9-11-6-10(15(16)17)14(9)13-8/h3-7H,1H2,2H3,(H,12,13). The Morgan fingerprint density at radius 3 is 3.06 bits per heavy atom. The van der Waals surface area contributed by atoms with Gasteiger partial charge < -0.3 is 15.4 Å². The van der Waals surface area contributed by atoms with Gasteiger partial charge in [-0.05, 0) is 17.9 Å².